The predicted molar refractivity (Wildman–Crippen MR) is 95.0 cm³/mol. The molecule has 1 amide bonds. The van der Waals surface area contributed by atoms with Gasteiger partial charge >= 0.3 is 0 Å². The fraction of sp³-hybridized carbons (Fsp3) is 0.263. The average Bonchev–Trinajstić information content (AvgIpc) is 3.39. The maximum absolute atomic E-state index is 12.6. The number of rotatable bonds is 5. The summed E-state index contributed by atoms with van der Waals surface area (Å²) in [4.78, 5) is 25.7. The van der Waals surface area contributed by atoms with E-state index in [1.165, 1.54) is 0 Å². The van der Waals surface area contributed by atoms with Crippen LogP contribution >= 0.6 is 0 Å². The summed E-state index contributed by atoms with van der Waals surface area (Å²) < 4.78 is 1.87. The zero-order valence-corrected chi connectivity index (χ0v) is 14.0. The van der Waals surface area contributed by atoms with Crippen LogP contribution in [0.5, 0.6) is 0 Å². The molecule has 4 rings (SSSR count). The van der Waals surface area contributed by atoms with Crippen LogP contribution in [0.3, 0.4) is 0 Å². The summed E-state index contributed by atoms with van der Waals surface area (Å²) in [6.07, 6.45) is 9.20. The number of amides is 1. The van der Waals surface area contributed by atoms with Crippen LogP contribution in [0, 0.1) is 0 Å². The molecule has 2 aromatic heterocycles. The molecular formula is C19H19N5O. The molecule has 2 heterocycles. The summed E-state index contributed by atoms with van der Waals surface area (Å²) in [5.74, 6) is 2.01. The second kappa shape index (κ2) is 6.47. The Morgan fingerprint density at radius 2 is 1.88 bits per heavy atom. The topological polar surface area (TPSA) is 72.7 Å². The van der Waals surface area contributed by atoms with Crippen molar-refractivity contribution in [2.24, 2.45) is 0 Å². The second-order valence-electron chi connectivity index (χ2n) is 6.29. The van der Waals surface area contributed by atoms with Crippen LogP contribution in [0.2, 0.25) is 0 Å². The van der Waals surface area contributed by atoms with Crippen LogP contribution in [0.15, 0.2) is 55.1 Å². The van der Waals surface area contributed by atoms with E-state index < -0.39 is 6.04 Å². The predicted octanol–water partition coefficient (Wildman–Crippen LogP) is 3.42. The molecule has 0 unspecified atom stereocenters. The number of aromatic nitrogens is 4. The van der Waals surface area contributed by atoms with Gasteiger partial charge in [-0.1, -0.05) is 30.3 Å². The number of hydrogen-bond donors (Lipinski definition) is 1. The van der Waals surface area contributed by atoms with Crippen LogP contribution in [0.1, 0.15) is 37.5 Å². The fourth-order valence-electron chi connectivity index (χ4n) is 2.76. The molecule has 6 nitrogen and oxygen atoms in total. The minimum absolute atomic E-state index is 0.127. The third-order valence-electron chi connectivity index (χ3n) is 4.38. The van der Waals surface area contributed by atoms with Gasteiger partial charge in [-0.25, -0.2) is 15.0 Å². The Balaban J connectivity index is 1.50. The van der Waals surface area contributed by atoms with Crippen molar-refractivity contribution in [3.63, 3.8) is 0 Å². The molecule has 3 aromatic rings. The molecular weight excluding hydrogens is 314 g/mol. The first-order valence-corrected chi connectivity index (χ1v) is 8.43. The standard InChI is InChI=1S/C19H19N5O/c1-13(24-10-9-20-18(24)15-5-3-2-4-6-15)19(25)23-16-11-21-17(22-12-16)14-7-8-14/h2-6,9-14H,7-8H2,1H3,(H,23,25)/t13-/m0/s1. The summed E-state index contributed by atoms with van der Waals surface area (Å²) in [5, 5.41) is 2.88. The van der Waals surface area contributed by atoms with Gasteiger partial charge in [-0.3, -0.25) is 4.79 Å². The van der Waals surface area contributed by atoms with Gasteiger partial charge in [-0.15, -0.1) is 0 Å². The first kappa shape index (κ1) is 15.5. The lowest BCUT2D eigenvalue weighted by Crippen LogP contribution is -2.24. The van der Waals surface area contributed by atoms with Gasteiger partial charge in [0, 0.05) is 23.9 Å². The molecule has 0 bridgehead atoms. The van der Waals surface area contributed by atoms with E-state index in [1.807, 2.05) is 48.0 Å². The Morgan fingerprint density at radius 1 is 1.16 bits per heavy atom. The minimum Gasteiger partial charge on any atom is -0.322 e. The Labute approximate surface area is 146 Å². The van der Waals surface area contributed by atoms with Crippen molar-refractivity contribution in [3.8, 4) is 11.4 Å². The Kier molecular flexibility index (Phi) is 4.01. The maximum Gasteiger partial charge on any atom is 0.247 e. The smallest absolute Gasteiger partial charge is 0.247 e. The highest BCUT2D eigenvalue weighted by Gasteiger charge is 2.26. The molecule has 6 heteroatoms. The number of anilines is 1. The minimum atomic E-state index is -0.402. The highest BCUT2D eigenvalue weighted by molar-refractivity contribution is 5.93. The van der Waals surface area contributed by atoms with Crippen molar-refractivity contribution >= 4 is 11.6 Å². The normalized spacial score (nSPS) is 14.9. The molecule has 1 aliphatic carbocycles. The lowest BCUT2D eigenvalue weighted by Gasteiger charge is -2.16. The molecule has 0 spiro atoms. The molecule has 0 saturated heterocycles. The van der Waals surface area contributed by atoms with Crippen molar-refractivity contribution in [1.82, 2.24) is 19.5 Å². The highest BCUT2D eigenvalue weighted by atomic mass is 16.2. The number of carbonyl (C=O) groups is 1. The van der Waals surface area contributed by atoms with Crippen LogP contribution in [0.4, 0.5) is 5.69 Å². The fourth-order valence-corrected chi connectivity index (χ4v) is 2.76. The lowest BCUT2D eigenvalue weighted by atomic mass is 10.2. The third-order valence-corrected chi connectivity index (χ3v) is 4.38. The van der Waals surface area contributed by atoms with E-state index in [1.54, 1.807) is 18.6 Å². The zero-order valence-electron chi connectivity index (χ0n) is 14.0. The molecule has 1 N–H and O–H groups in total. The molecule has 0 aliphatic heterocycles. The Morgan fingerprint density at radius 3 is 2.56 bits per heavy atom. The largest absolute Gasteiger partial charge is 0.322 e. The number of imidazole rings is 1. The average molecular weight is 333 g/mol. The molecule has 1 fully saturated rings. The molecule has 126 valence electrons. The van der Waals surface area contributed by atoms with Gasteiger partial charge in [0.25, 0.3) is 0 Å². The molecule has 1 aromatic carbocycles. The monoisotopic (exact) mass is 333 g/mol. The first-order valence-electron chi connectivity index (χ1n) is 8.43. The summed E-state index contributed by atoms with van der Waals surface area (Å²) in [7, 11) is 0. The highest BCUT2D eigenvalue weighted by Crippen LogP contribution is 2.37. The number of hydrogen-bond acceptors (Lipinski definition) is 4. The molecule has 0 radical (unpaired) electrons. The van der Waals surface area contributed by atoms with Crippen molar-refractivity contribution in [1.29, 1.82) is 0 Å². The number of nitrogens with one attached hydrogen (secondary N) is 1. The van der Waals surface area contributed by atoms with E-state index in [9.17, 15) is 4.79 Å². The van der Waals surface area contributed by atoms with Gasteiger partial charge < -0.3 is 9.88 Å². The summed E-state index contributed by atoms with van der Waals surface area (Å²) in [6.45, 7) is 1.85. The maximum atomic E-state index is 12.6. The van der Waals surface area contributed by atoms with E-state index in [-0.39, 0.29) is 5.91 Å². The quantitative estimate of drug-likeness (QED) is 0.776. The third kappa shape index (κ3) is 3.28. The second-order valence-corrected chi connectivity index (χ2v) is 6.29. The van der Waals surface area contributed by atoms with Gasteiger partial charge in [0.2, 0.25) is 5.91 Å². The Hall–Kier alpha value is -3.02. The number of nitrogens with zero attached hydrogens (tertiary/aromatic N) is 4. The van der Waals surface area contributed by atoms with E-state index in [0.717, 1.165) is 30.1 Å². The van der Waals surface area contributed by atoms with Gasteiger partial charge in [-0.2, -0.15) is 0 Å². The van der Waals surface area contributed by atoms with E-state index >= 15 is 0 Å². The van der Waals surface area contributed by atoms with Crippen LogP contribution in [-0.2, 0) is 4.79 Å². The van der Waals surface area contributed by atoms with Crippen LogP contribution < -0.4 is 5.32 Å². The van der Waals surface area contributed by atoms with Gasteiger partial charge in [0.15, 0.2) is 0 Å². The summed E-state index contributed by atoms with van der Waals surface area (Å²) >= 11 is 0. The van der Waals surface area contributed by atoms with Crippen LogP contribution in [-0.4, -0.2) is 25.4 Å². The van der Waals surface area contributed by atoms with E-state index in [2.05, 4.69) is 20.3 Å². The van der Waals surface area contributed by atoms with Crippen molar-refractivity contribution in [2.75, 3.05) is 5.32 Å². The van der Waals surface area contributed by atoms with E-state index in [4.69, 9.17) is 0 Å². The van der Waals surface area contributed by atoms with Gasteiger partial charge in [0.05, 0.1) is 18.1 Å². The molecule has 1 saturated carbocycles. The molecule has 1 aliphatic rings. The number of carbonyl (C=O) groups excluding carboxylic acids is 1. The van der Waals surface area contributed by atoms with Crippen molar-refractivity contribution in [3.05, 3.63) is 60.9 Å². The van der Waals surface area contributed by atoms with E-state index in [0.29, 0.717) is 11.6 Å². The lowest BCUT2D eigenvalue weighted by molar-refractivity contribution is -0.118. The SMILES string of the molecule is C[C@@H](C(=O)Nc1cnc(C2CC2)nc1)n1ccnc1-c1ccccc1. The Bertz CT molecular complexity index is 868. The molecule has 25 heavy (non-hydrogen) atoms. The molecule has 1 atom stereocenters. The van der Waals surface area contributed by atoms with Gasteiger partial charge in [-0.05, 0) is 19.8 Å². The first-order chi connectivity index (χ1) is 12.2. The summed E-state index contributed by atoms with van der Waals surface area (Å²) in [6, 6.07) is 9.43. The van der Waals surface area contributed by atoms with Gasteiger partial charge in [0.1, 0.15) is 17.7 Å². The number of benzene rings is 1. The summed E-state index contributed by atoms with van der Waals surface area (Å²) in [5.41, 5.74) is 1.59. The van der Waals surface area contributed by atoms with Crippen molar-refractivity contribution in [2.45, 2.75) is 31.7 Å². The van der Waals surface area contributed by atoms with Crippen LogP contribution in [0.25, 0.3) is 11.4 Å². The van der Waals surface area contributed by atoms with Crippen molar-refractivity contribution < 1.29 is 4.79 Å². The zero-order chi connectivity index (χ0) is 17.2.